The van der Waals surface area contributed by atoms with Crippen molar-refractivity contribution in [2.45, 2.75) is 33.4 Å². The van der Waals surface area contributed by atoms with E-state index < -0.39 is 0 Å². The molecule has 0 unspecified atom stereocenters. The van der Waals surface area contributed by atoms with Crippen molar-refractivity contribution in [3.63, 3.8) is 0 Å². The zero-order valence-electron chi connectivity index (χ0n) is 17.7. The summed E-state index contributed by atoms with van der Waals surface area (Å²) in [5.41, 5.74) is 3.26. The fraction of sp³-hybridized carbons (Fsp3) is 0.435. The van der Waals surface area contributed by atoms with Crippen molar-refractivity contribution in [2.24, 2.45) is 4.99 Å². The molecule has 0 aliphatic rings. The third-order valence-electron chi connectivity index (χ3n) is 4.12. The average molecular weight is 400 g/mol. The molecular weight excluding hydrogens is 366 g/mol. The first kappa shape index (κ1) is 22.7. The second kappa shape index (κ2) is 13.6. The lowest BCUT2D eigenvalue weighted by molar-refractivity contribution is 0.134. The number of ether oxygens (including phenoxy) is 3. The summed E-state index contributed by atoms with van der Waals surface area (Å²) in [6.45, 7) is 8.13. The van der Waals surface area contributed by atoms with Crippen LogP contribution in [-0.2, 0) is 22.6 Å². The molecule has 0 aliphatic carbocycles. The lowest BCUT2D eigenvalue weighted by Crippen LogP contribution is -2.30. The standard InChI is InChI=1S/C23H33N3O3/c1-4-24-23(25-17-19-10-12-20(13-11-19)18-28-5-2)26-21-8-6-9-22(16-21)29-15-7-14-27-3/h6,8-13,16H,4-5,7,14-15,17-18H2,1-3H3,(H2,24,25,26). The van der Waals surface area contributed by atoms with Crippen LogP contribution in [0.5, 0.6) is 5.75 Å². The molecule has 158 valence electrons. The van der Waals surface area contributed by atoms with E-state index in [9.17, 15) is 0 Å². The van der Waals surface area contributed by atoms with Crippen LogP contribution >= 0.6 is 0 Å². The number of anilines is 1. The van der Waals surface area contributed by atoms with E-state index in [2.05, 4.69) is 41.8 Å². The molecule has 0 heterocycles. The molecule has 29 heavy (non-hydrogen) atoms. The van der Waals surface area contributed by atoms with Gasteiger partial charge in [-0.3, -0.25) is 0 Å². The van der Waals surface area contributed by atoms with Gasteiger partial charge in [0.05, 0.1) is 19.8 Å². The smallest absolute Gasteiger partial charge is 0.196 e. The number of hydrogen-bond acceptors (Lipinski definition) is 4. The van der Waals surface area contributed by atoms with Crippen LogP contribution in [0, 0.1) is 0 Å². The van der Waals surface area contributed by atoms with Gasteiger partial charge < -0.3 is 24.8 Å². The molecule has 0 radical (unpaired) electrons. The molecule has 2 rings (SSSR count). The molecule has 0 aromatic heterocycles. The number of aliphatic imine (C=N–C) groups is 1. The molecule has 0 saturated carbocycles. The van der Waals surface area contributed by atoms with Gasteiger partial charge in [-0.2, -0.15) is 0 Å². The lowest BCUT2D eigenvalue weighted by atomic mass is 10.1. The maximum Gasteiger partial charge on any atom is 0.196 e. The third kappa shape index (κ3) is 8.98. The van der Waals surface area contributed by atoms with Gasteiger partial charge in [0.1, 0.15) is 5.75 Å². The van der Waals surface area contributed by atoms with Gasteiger partial charge in [0.25, 0.3) is 0 Å². The predicted octanol–water partition coefficient (Wildman–Crippen LogP) is 4.22. The summed E-state index contributed by atoms with van der Waals surface area (Å²) in [5.74, 6) is 1.56. The number of hydrogen-bond donors (Lipinski definition) is 2. The van der Waals surface area contributed by atoms with Crippen LogP contribution in [0.25, 0.3) is 0 Å². The SMILES string of the molecule is CCNC(=NCc1ccc(COCC)cc1)Nc1cccc(OCCCOC)c1. The number of nitrogens with one attached hydrogen (secondary N) is 2. The number of benzene rings is 2. The minimum Gasteiger partial charge on any atom is -0.493 e. The monoisotopic (exact) mass is 399 g/mol. The largest absolute Gasteiger partial charge is 0.493 e. The molecule has 0 saturated heterocycles. The highest BCUT2D eigenvalue weighted by Gasteiger charge is 2.02. The summed E-state index contributed by atoms with van der Waals surface area (Å²) in [6, 6.07) is 16.3. The fourth-order valence-electron chi connectivity index (χ4n) is 2.63. The van der Waals surface area contributed by atoms with E-state index in [1.54, 1.807) is 7.11 Å². The summed E-state index contributed by atoms with van der Waals surface area (Å²) in [7, 11) is 1.70. The van der Waals surface area contributed by atoms with E-state index in [0.717, 1.165) is 42.5 Å². The van der Waals surface area contributed by atoms with Crippen LogP contribution in [0.2, 0.25) is 0 Å². The first-order chi connectivity index (χ1) is 14.2. The van der Waals surface area contributed by atoms with Crippen molar-refractivity contribution in [3.8, 4) is 5.75 Å². The Labute approximate surface area is 174 Å². The second-order valence-corrected chi connectivity index (χ2v) is 6.50. The Morgan fingerprint density at radius 3 is 2.52 bits per heavy atom. The zero-order valence-corrected chi connectivity index (χ0v) is 17.7. The normalized spacial score (nSPS) is 11.3. The number of guanidine groups is 1. The molecule has 2 N–H and O–H groups in total. The van der Waals surface area contributed by atoms with E-state index in [0.29, 0.717) is 26.4 Å². The lowest BCUT2D eigenvalue weighted by Gasteiger charge is -2.13. The van der Waals surface area contributed by atoms with Crippen molar-refractivity contribution in [1.82, 2.24) is 5.32 Å². The molecule has 0 atom stereocenters. The predicted molar refractivity (Wildman–Crippen MR) is 119 cm³/mol. The van der Waals surface area contributed by atoms with Gasteiger partial charge >= 0.3 is 0 Å². The molecule has 0 fully saturated rings. The Hall–Kier alpha value is -2.57. The highest BCUT2D eigenvalue weighted by atomic mass is 16.5. The summed E-state index contributed by atoms with van der Waals surface area (Å²) >= 11 is 0. The van der Waals surface area contributed by atoms with Gasteiger partial charge in [-0.1, -0.05) is 30.3 Å². The molecule has 2 aromatic carbocycles. The van der Waals surface area contributed by atoms with Crippen molar-refractivity contribution in [2.75, 3.05) is 38.8 Å². The minimum absolute atomic E-state index is 0.595. The van der Waals surface area contributed by atoms with E-state index >= 15 is 0 Å². The van der Waals surface area contributed by atoms with Gasteiger partial charge in [0, 0.05) is 45.0 Å². The van der Waals surface area contributed by atoms with Crippen LogP contribution in [0.1, 0.15) is 31.4 Å². The van der Waals surface area contributed by atoms with Crippen molar-refractivity contribution in [1.29, 1.82) is 0 Å². The van der Waals surface area contributed by atoms with E-state index in [1.165, 1.54) is 5.56 Å². The van der Waals surface area contributed by atoms with Crippen LogP contribution in [0.4, 0.5) is 5.69 Å². The maximum absolute atomic E-state index is 5.77. The molecule has 6 nitrogen and oxygen atoms in total. The Morgan fingerprint density at radius 2 is 1.79 bits per heavy atom. The quantitative estimate of drug-likeness (QED) is 0.318. The van der Waals surface area contributed by atoms with Gasteiger partial charge in [0.2, 0.25) is 0 Å². The summed E-state index contributed by atoms with van der Waals surface area (Å²) in [5, 5.41) is 6.63. The molecule has 0 amide bonds. The summed E-state index contributed by atoms with van der Waals surface area (Å²) in [6.07, 6.45) is 0.863. The highest BCUT2D eigenvalue weighted by Crippen LogP contribution is 2.17. The second-order valence-electron chi connectivity index (χ2n) is 6.50. The van der Waals surface area contributed by atoms with E-state index in [4.69, 9.17) is 19.2 Å². The topological polar surface area (TPSA) is 64.1 Å². The van der Waals surface area contributed by atoms with E-state index in [-0.39, 0.29) is 0 Å². The van der Waals surface area contributed by atoms with Crippen LogP contribution in [-0.4, -0.2) is 39.4 Å². The number of nitrogens with zero attached hydrogens (tertiary/aromatic N) is 1. The minimum atomic E-state index is 0.595. The van der Waals surface area contributed by atoms with E-state index in [1.807, 2.05) is 31.2 Å². The molecule has 0 bridgehead atoms. The van der Waals surface area contributed by atoms with Gasteiger partial charge in [-0.15, -0.1) is 0 Å². The summed E-state index contributed by atoms with van der Waals surface area (Å²) in [4.78, 5) is 4.69. The van der Waals surface area contributed by atoms with Crippen LogP contribution in [0.15, 0.2) is 53.5 Å². The molecule has 0 spiro atoms. The first-order valence-corrected chi connectivity index (χ1v) is 10.2. The number of methoxy groups -OCH3 is 1. The van der Waals surface area contributed by atoms with Gasteiger partial charge in [-0.25, -0.2) is 4.99 Å². The Kier molecular flexibility index (Phi) is 10.6. The van der Waals surface area contributed by atoms with Gasteiger partial charge in [0.15, 0.2) is 5.96 Å². The Bertz CT molecular complexity index is 732. The zero-order chi connectivity index (χ0) is 20.7. The van der Waals surface area contributed by atoms with Gasteiger partial charge in [-0.05, 0) is 37.1 Å². The molecular formula is C23H33N3O3. The Morgan fingerprint density at radius 1 is 1.00 bits per heavy atom. The molecule has 6 heteroatoms. The average Bonchev–Trinajstić information content (AvgIpc) is 2.75. The molecule has 0 aliphatic heterocycles. The van der Waals surface area contributed by atoms with Crippen molar-refractivity contribution in [3.05, 3.63) is 59.7 Å². The highest BCUT2D eigenvalue weighted by molar-refractivity contribution is 5.93. The van der Waals surface area contributed by atoms with Crippen molar-refractivity contribution >= 4 is 11.6 Å². The third-order valence-corrected chi connectivity index (χ3v) is 4.12. The Balaban J connectivity index is 1.94. The van der Waals surface area contributed by atoms with Crippen LogP contribution in [0.3, 0.4) is 0 Å². The maximum atomic E-state index is 5.77. The fourth-order valence-corrected chi connectivity index (χ4v) is 2.63. The molecule has 2 aromatic rings. The summed E-state index contributed by atoms with van der Waals surface area (Å²) < 4.78 is 16.3. The van der Waals surface area contributed by atoms with Crippen LogP contribution < -0.4 is 15.4 Å². The first-order valence-electron chi connectivity index (χ1n) is 10.2. The van der Waals surface area contributed by atoms with Crippen molar-refractivity contribution < 1.29 is 14.2 Å². The number of rotatable bonds is 12.